The highest BCUT2D eigenvalue weighted by atomic mass is 16.5. The van der Waals surface area contributed by atoms with Crippen molar-refractivity contribution in [1.29, 1.82) is 0 Å². The molecule has 3 heterocycles. The van der Waals surface area contributed by atoms with Crippen molar-refractivity contribution < 1.29 is 23.7 Å². The number of amides is 1. The van der Waals surface area contributed by atoms with Crippen molar-refractivity contribution in [3.63, 3.8) is 0 Å². The van der Waals surface area contributed by atoms with Crippen molar-refractivity contribution >= 4 is 17.0 Å². The predicted molar refractivity (Wildman–Crippen MR) is 119 cm³/mol. The summed E-state index contributed by atoms with van der Waals surface area (Å²) in [5.41, 5.74) is 3.53. The van der Waals surface area contributed by atoms with Gasteiger partial charge in [-0.15, -0.1) is 0 Å². The second-order valence-corrected chi connectivity index (χ2v) is 8.07. The van der Waals surface area contributed by atoms with Crippen molar-refractivity contribution in [1.82, 2.24) is 15.1 Å². The van der Waals surface area contributed by atoms with Crippen LogP contribution in [0, 0.1) is 0 Å². The molecule has 1 unspecified atom stereocenters. The number of rotatable bonds is 2. The van der Waals surface area contributed by atoms with Crippen LogP contribution < -0.4 is 14.8 Å². The molecular weight excluding hydrogens is 410 g/mol. The number of carbonyl (C=O) groups is 1. The van der Waals surface area contributed by atoms with Crippen LogP contribution in [-0.4, -0.2) is 42.7 Å². The molecule has 2 aromatic carbocycles. The minimum atomic E-state index is -0.453. The molecule has 2 aliphatic heterocycles. The Morgan fingerprint density at radius 3 is 2.88 bits per heavy atom. The number of cyclic esters (lactones) is 1. The second kappa shape index (κ2) is 9.08. The van der Waals surface area contributed by atoms with E-state index in [0.29, 0.717) is 25.3 Å². The highest BCUT2D eigenvalue weighted by Gasteiger charge is 2.23. The molecule has 0 saturated carbocycles. The van der Waals surface area contributed by atoms with Gasteiger partial charge in [0, 0.05) is 24.1 Å². The maximum atomic E-state index is 12.0. The third-order valence-electron chi connectivity index (χ3n) is 5.81. The quantitative estimate of drug-likeness (QED) is 0.639. The van der Waals surface area contributed by atoms with E-state index >= 15 is 0 Å². The topological polar surface area (TPSA) is 83.8 Å². The molecular formula is C24H27N3O5. The molecule has 32 heavy (non-hydrogen) atoms. The molecule has 2 aliphatic rings. The van der Waals surface area contributed by atoms with Crippen LogP contribution in [0.4, 0.5) is 4.79 Å². The molecule has 0 aliphatic carbocycles. The molecule has 3 aromatic rings. The number of hydrogen-bond donors (Lipinski definition) is 1. The summed E-state index contributed by atoms with van der Waals surface area (Å²) in [6.07, 6.45) is 3.26. The Labute approximate surface area is 186 Å². The number of alkyl carbamates (subject to hydrolysis) is 1. The summed E-state index contributed by atoms with van der Waals surface area (Å²) in [6.45, 7) is 1.85. The summed E-state index contributed by atoms with van der Waals surface area (Å²) in [6, 6.07) is 11.8. The lowest BCUT2D eigenvalue weighted by atomic mass is 10.0. The molecule has 168 valence electrons. The van der Waals surface area contributed by atoms with E-state index in [1.165, 1.54) is 0 Å². The predicted octanol–water partition coefficient (Wildman–Crippen LogP) is 4.42. The Balaban J connectivity index is 1.65. The molecule has 1 amide bonds. The van der Waals surface area contributed by atoms with E-state index in [0.717, 1.165) is 59.3 Å². The van der Waals surface area contributed by atoms with Crippen LogP contribution >= 0.6 is 0 Å². The largest absolute Gasteiger partial charge is 0.497 e. The third-order valence-corrected chi connectivity index (χ3v) is 5.81. The first-order chi connectivity index (χ1) is 15.7. The minimum Gasteiger partial charge on any atom is -0.497 e. The number of aromatic nitrogens is 2. The second-order valence-electron chi connectivity index (χ2n) is 8.07. The first-order valence-corrected chi connectivity index (χ1v) is 11.1. The Hall–Kier alpha value is -3.26. The Kier molecular flexibility index (Phi) is 5.85. The van der Waals surface area contributed by atoms with Gasteiger partial charge in [-0.25, -0.2) is 9.48 Å². The van der Waals surface area contributed by atoms with E-state index in [-0.39, 0.29) is 12.8 Å². The van der Waals surface area contributed by atoms with Crippen molar-refractivity contribution in [3.8, 4) is 22.8 Å². The number of nitrogens with zero attached hydrogens (tertiary/aromatic N) is 2. The van der Waals surface area contributed by atoms with Gasteiger partial charge in [0.1, 0.15) is 23.8 Å². The summed E-state index contributed by atoms with van der Waals surface area (Å²) in [7, 11) is 1.62. The molecule has 0 spiro atoms. The van der Waals surface area contributed by atoms with E-state index in [1.807, 2.05) is 41.1 Å². The maximum absolute atomic E-state index is 12.0. The third kappa shape index (κ3) is 4.23. The van der Waals surface area contributed by atoms with Crippen LogP contribution in [-0.2, 0) is 16.1 Å². The van der Waals surface area contributed by atoms with Crippen molar-refractivity contribution in [2.45, 2.75) is 38.5 Å². The summed E-state index contributed by atoms with van der Waals surface area (Å²) in [5, 5.41) is 8.73. The van der Waals surface area contributed by atoms with Crippen molar-refractivity contribution in [2.24, 2.45) is 0 Å². The standard InChI is InChI=1S/C24H27N3O5/c1-29-19-12-16-11-17(13-19)23-20-14-18(30-10-4-8-25-24(28)32-15-16)6-7-21(20)27(26-23)22-5-2-3-9-31-22/h6-7,11-14,22H,2-5,8-10,15H2,1H3,(H,25,28). The fourth-order valence-electron chi connectivity index (χ4n) is 4.21. The van der Waals surface area contributed by atoms with Crippen molar-refractivity contribution in [2.75, 3.05) is 26.9 Å². The van der Waals surface area contributed by atoms with Gasteiger partial charge in [0.05, 0.1) is 19.2 Å². The lowest BCUT2D eigenvalue weighted by Crippen LogP contribution is -2.26. The van der Waals surface area contributed by atoms with Gasteiger partial charge in [-0.2, -0.15) is 5.10 Å². The van der Waals surface area contributed by atoms with E-state index in [1.54, 1.807) is 7.11 Å². The van der Waals surface area contributed by atoms with E-state index in [4.69, 9.17) is 24.0 Å². The zero-order valence-electron chi connectivity index (χ0n) is 18.1. The zero-order valence-corrected chi connectivity index (χ0v) is 18.1. The Morgan fingerprint density at radius 2 is 2.03 bits per heavy atom. The van der Waals surface area contributed by atoms with E-state index in [9.17, 15) is 4.79 Å². The summed E-state index contributed by atoms with van der Waals surface area (Å²) in [5.74, 6) is 1.44. The molecule has 0 radical (unpaired) electrons. The van der Waals surface area contributed by atoms with Gasteiger partial charge in [-0.1, -0.05) is 0 Å². The fourth-order valence-corrected chi connectivity index (χ4v) is 4.21. The van der Waals surface area contributed by atoms with Gasteiger partial charge in [0.25, 0.3) is 0 Å². The molecule has 1 saturated heterocycles. The van der Waals surface area contributed by atoms with Crippen LogP contribution in [0.15, 0.2) is 36.4 Å². The number of carbonyl (C=O) groups excluding carboxylic acids is 1. The molecule has 1 fully saturated rings. The Morgan fingerprint density at radius 1 is 1.09 bits per heavy atom. The van der Waals surface area contributed by atoms with Gasteiger partial charge >= 0.3 is 6.09 Å². The lowest BCUT2D eigenvalue weighted by molar-refractivity contribution is -0.0365. The number of fused-ring (bicyclic) bond motifs is 4. The van der Waals surface area contributed by atoms with Crippen LogP contribution in [0.25, 0.3) is 22.2 Å². The summed E-state index contributed by atoms with van der Waals surface area (Å²) in [4.78, 5) is 12.0. The SMILES string of the molecule is COc1cc2cc(c1)-c1nn(C3CCCCO3)c3ccc(cc13)OCCCNC(=O)OC2. The average Bonchev–Trinajstić information content (AvgIpc) is 3.21. The number of benzene rings is 2. The number of hydrogen-bond acceptors (Lipinski definition) is 6. The fraction of sp³-hybridized carbons (Fsp3) is 0.417. The molecule has 1 aromatic heterocycles. The minimum absolute atomic E-state index is 0.0885. The molecule has 4 bridgehead atoms. The van der Waals surface area contributed by atoms with Gasteiger partial charge < -0.3 is 24.3 Å². The number of nitrogens with one attached hydrogen (secondary N) is 1. The maximum Gasteiger partial charge on any atom is 0.407 e. The van der Waals surface area contributed by atoms with Crippen LogP contribution in [0.3, 0.4) is 0 Å². The average molecular weight is 437 g/mol. The zero-order chi connectivity index (χ0) is 21.9. The smallest absolute Gasteiger partial charge is 0.407 e. The summed E-state index contributed by atoms with van der Waals surface area (Å²) >= 11 is 0. The molecule has 1 N–H and O–H groups in total. The van der Waals surface area contributed by atoms with Crippen LogP contribution in [0.1, 0.15) is 37.5 Å². The number of methoxy groups -OCH3 is 1. The van der Waals surface area contributed by atoms with E-state index in [2.05, 4.69) is 5.32 Å². The van der Waals surface area contributed by atoms with Gasteiger partial charge in [0.2, 0.25) is 0 Å². The first-order valence-electron chi connectivity index (χ1n) is 11.1. The van der Waals surface area contributed by atoms with Gasteiger partial charge in [-0.3, -0.25) is 0 Å². The number of ether oxygens (including phenoxy) is 4. The van der Waals surface area contributed by atoms with Crippen LogP contribution in [0.5, 0.6) is 11.5 Å². The van der Waals surface area contributed by atoms with Crippen LogP contribution in [0.2, 0.25) is 0 Å². The molecule has 5 rings (SSSR count). The monoisotopic (exact) mass is 437 g/mol. The van der Waals surface area contributed by atoms with Gasteiger partial charge in [-0.05, 0) is 67.6 Å². The normalized spacial score (nSPS) is 19.4. The van der Waals surface area contributed by atoms with E-state index < -0.39 is 6.09 Å². The molecule has 1 atom stereocenters. The highest BCUT2D eigenvalue weighted by molar-refractivity contribution is 5.94. The summed E-state index contributed by atoms with van der Waals surface area (Å²) < 4.78 is 24.9. The highest BCUT2D eigenvalue weighted by Crippen LogP contribution is 2.36. The molecule has 8 heteroatoms. The first kappa shape index (κ1) is 20.6. The Bertz CT molecular complexity index is 1120. The van der Waals surface area contributed by atoms with Crippen molar-refractivity contribution in [3.05, 3.63) is 42.0 Å². The molecule has 8 nitrogen and oxygen atoms in total. The van der Waals surface area contributed by atoms with Gasteiger partial charge in [0.15, 0.2) is 6.23 Å². The lowest BCUT2D eigenvalue weighted by Gasteiger charge is -2.23.